The first kappa shape index (κ1) is 9.54. The van der Waals surface area contributed by atoms with Crippen LogP contribution >= 0.6 is 27.5 Å². The fraction of sp³-hybridized carbons (Fsp3) is 0.333. The van der Waals surface area contributed by atoms with Crippen LogP contribution in [0.4, 0.5) is 0 Å². The molecule has 0 N–H and O–H groups in total. The van der Waals surface area contributed by atoms with E-state index in [0.717, 1.165) is 0 Å². The molecule has 1 heterocycles. The monoisotopic (exact) mass is 252 g/mol. The summed E-state index contributed by atoms with van der Waals surface area (Å²) in [5.41, 5.74) is 0. The van der Waals surface area contributed by atoms with Crippen LogP contribution in [0.15, 0.2) is 4.60 Å². The molecule has 0 fully saturated rings. The van der Waals surface area contributed by atoms with Crippen molar-refractivity contribution in [2.75, 3.05) is 7.11 Å². The van der Waals surface area contributed by atoms with Gasteiger partial charge in [-0.3, -0.25) is 0 Å². The van der Waals surface area contributed by atoms with Crippen molar-refractivity contribution in [1.82, 2.24) is 9.55 Å². The molecule has 6 heteroatoms. The number of halogens is 2. The molecule has 0 aliphatic heterocycles. The summed E-state index contributed by atoms with van der Waals surface area (Å²) in [6, 6.07) is 0. The van der Waals surface area contributed by atoms with Gasteiger partial charge in [0.05, 0.1) is 7.11 Å². The molecule has 0 aliphatic carbocycles. The number of aromatic nitrogens is 2. The zero-order valence-electron chi connectivity index (χ0n) is 6.47. The van der Waals surface area contributed by atoms with E-state index in [1.165, 1.54) is 11.7 Å². The summed E-state index contributed by atoms with van der Waals surface area (Å²) in [7, 11) is 2.95. The van der Waals surface area contributed by atoms with Crippen molar-refractivity contribution in [3.63, 3.8) is 0 Å². The fourth-order valence-electron chi connectivity index (χ4n) is 0.719. The number of carbonyl (C=O) groups excluding carboxylic acids is 1. The third-order valence-electron chi connectivity index (χ3n) is 1.35. The molecule has 0 radical (unpaired) electrons. The van der Waals surface area contributed by atoms with E-state index in [2.05, 4.69) is 25.7 Å². The van der Waals surface area contributed by atoms with Gasteiger partial charge < -0.3 is 9.30 Å². The van der Waals surface area contributed by atoms with E-state index in [9.17, 15) is 4.79 Å². The minimum absolute atomic E-state index is 0.175. The Balaban J connectivity index is 3.17. The van der Waals surface area contributed by atoms with Crippen LogP contribution in [0, 0.1) is 0 Å². The summed E-state index contributed by atoms with van der Waals surface area (Å²) >= 11 is 8.81. The van der Waals surface area contributed by atoms with Crippen molar-refractivity contribution in [2.24, 2.45) is 7.05 Å². The highest BCUT2D eigenvalue weighted by Gasteiger charge is 2.17. The summed E-state index contributed by atoms with van der Waals surface area (Å²) < 4.78 is 6.55. The van der Waals surface area contributed by atoms with E-state index in [1.54, 1.807) is 7.05 Å². The van der Waals surface area contributed by atoms with Crippen molar-refractivity contribution in [2.45, 2.75) is 0 Å². The summed E-state index contributed by atoms with van der Waals surface area (Å²) in [4.78, 5) is 14.8. The molecule has 0 unspecified atom stereocenters. The van der Waals surface area contributed by atoms with E-state index in [1.807, 2.05) is 0 Å². The van der Waals surface area contributed by atoms with Gasteiger partial charge in [0, 0.05) is 7.05 Å². The predicted octanol–water partition coefficient (Wildman–Crippen LogP) is 1.62. The Labute approximate surface area is 82.6 Å². The van der Waals surface area contributed by atoms with Crippen LogP contribution in [0.3, 0.4) is 0 Å². The predicted molar refractivity (Wildman–Crippen MR) is 47.3 cm³/mol. The first-order valence-electron chi connectivity index (χ1n) is 3.04. The second kappa shape index (κ2) is 3.45. The number of hydrogen-bond donors (Lipinski definition) is 0. The average molecular weight is 253 g/mol. The number of imidazole rings is 1. The maximum absolute atomic E-state index is 11.0. The van der Waals surface area contributed by atoms with Crippen molar-refractivity contribution >= 4 is 33.5 Å². The first-order valence-corrected chi connectivity index (χ1v) is 4.21. The van der Waals surface area contributed by atoms with Gasteiger partial charge in [-0.2, -0.15) is 0 Å². The van der Waals surface area contributed by atoms with Gasteiger partial charge in [0.15, 0.2) is 5.15 Å². The Hall–Kier alpha value is -0.550. The molecule has 0 bridgehead atoms. The van der Waals surface area contributed by atoms with Crippen molar-refractivity contribution < 1.29 is 9.53 Å². The van der Waals surface area contributed by atoms with E-state index >= 15 is 0 Å². The van der Waals surface area contributed by atoms with Gasteiger partial charge >= 0.3 is 5.97 Å². The SMILES string of the molecule is COC(=O)c1nc(Cl)c(Br)n1C. The van der Waals surface area contributed by atoms with Crippen molar-refractivity contribution in [3.8, 4) is 0 Å². The van der Waals surface area contributed by atoms with E-state index in [-0.39, 0.29) is 11.0 Å². The molecule has 0 amide bonds. The molecule has 1 rings (SSSR count). The minimum Gasteiger partial charge on any atom is -0.463 e. The van der Waals surface area contributed by atoms with Crippen LogP contribution in [0.5, 0.6) is 0 Å². The second-order valence-electron chi connectivity index (χ2n) is 2.07. The molecule has 0 aromatic carbocycles. The van der Waals surface area contributed by atoms with Crippen LogP contribution in [0.1, 0.15) is 10.6 Å². The van der Waals surface area contributed by atoms with Gasteiger partial charge in [-0.05, 0) is 15.9 Å². The van der Waals surface area contributed by atoms with E-state index in [0.29, 0.717) is 4.60 Å². The van der Waals surface area contributed by atoms with Crippen LogP contribution in [-0.4, -0.2) is 22.6 Å². The Kier molecular flexibility index (Phi) is 2.74. The molecule has 0 aliphatic rings. The maximum Gasteiger partial charge on any atom is 0.374 e. The van der Waals surface area contributed by atoms with Gasteiger partial charge in [0.2, 0.25) is 5.82 Å². The molecule has 0 atom stereocenters. The molecular formula is C6H6BrClN2O2. The van der Waals surface area contributed by atoms with Crippen LogP contribution in [0.25, 0.3) is 0 Å². The lowest BCUT2D eigenvalue weighted by atomic mass is 10.6. The van der Waals surface area contributed by atoms with Crippen molar-refractivity contribution in [3.05, 3.63) is 15.6 Å². The standard InChI is InChI=1S/C6H6BrClN2O2/c1-10-3(7)4(8)9-5(10)6(11)12-2/h1-2H3. The molecule has 4 nitrogen and oxygen atoms in total. The molecule has 0 spiro atoms. The van der Waals surface area contributed by atoms with E-state index in [4.69, 9.17) is 11.6 Å². The minimum atomic E-state index is -0.509. The molecule has 1 aromatic rings. The molecular weight excluding hydrogens is 247 g/mol. The topological polar surface area (TPSA) is 44.1 Å². The Morgan fingerprint density at radius 1 is 1.75 bits per heavy atom. The number of rotatable bonds is 1. The Bertz CT molecular complexity index is 324. The highest BCUT2D eigenvalue weighted by molar-refractivity contribution is 9.10. The number of methoxy groups -OCH3 is 1. The van der Waals surface area contributed by atoms with Gasteiger partial charge in [-0.1, -0.05) is 11.6 Å². The zero-order valence-corrected chi connectivity index (χ0v) is 8.81. The Morgan fingerprint density at radius 3 is 2.67 bits per heavy atom. The molecule has 0 saturated heterocycles. The van der Waals surface area contributed by atoms with Gasteiger partial charge in [-0.15, -0.1) is 0 Å². The highest BCUT2D eigenvalue weighted by atomic mass is 79.9. The number of carbonyl (C=O) groups is 1. The lowest BCUT2D eigenvalue weighted by molar-refractivity contribution is 0.0582. The Morgan fingerprint density at radius 2 is 2.33 bits per heavy atom. The number of esters is 1. The normalized spacial score (nSPS) is 10.0. The third kappa shape index (κ3) is 1.47. The number of hydrogen-bond acceptors (Lipinski definition) is 3. The molecule has 66 valence electrons. The number of ether oxygens (including phenoxy) is 1. The fourth-order valence-corrected chi connectivity index (χ4v) is 1.18. The van der Waals surface area contributed by atoms with Crippen LogP contribution in [-0.2, 0) is 11.8 Å². The average Bonchev–Trinajstić information content (AvgIpc) is 2.32. The molecule has 1 aromatic heterocycles. The lowest BCUT2D eigenvalue weighted by Crippen LogP contribution is -2.08. The first-order chi connectivity index (χ1) is 5.57. The van der Waals surface area contributed by atoms with Crippen LogP contribution < -0.4 is 0 Å². The van der Waals surface area contributed by atoms with Gasteiger partial charge in [0.1, 0.15) is 4.60 Å². The van der Waals surface area contributed by atoms with Crippen molar-refractivity contribution in [1.29, 1.82) is 0 Å². The number of nitrogens with zero attached hydrogens (tertiary/aromatic N) is 2. The zero-order chi connectivity index (χ0) is 9.30. The smallest absolute Gasteiger partial charge is 0.374 e. The molecule has 0 saturated carbocycles. The van der Waals surface area contributed by atoms with E-state index < -0.39 is 5.97 Å². The quantitative estimate of drug-likeness (QED) is 0.715. The van der Waals surface area contributed by atoms with Gasteiger partial charge in [-0.25, -0.2) is 9.78 Å². The lowest BCUT2D eigenvalue weighted by Gasteiger charge is -1.98. The second-order valence-corrected chi connectivity index (χ2v) is 3.18. The highest BCUT2D eigenvalue weighted by Crippen LogP contribution is 2.22. The summed E-state index contributed by atoms with van der Waals surface area (Å²) in [6.07, 6.45) is 0. The summed E-state index contributed by atoms with van der Waals surface area (Å²) in [5, 5.41) is 0.248. The van der Waals surface area contributed by atoms with Crippen LogP contribution in [0.2, 0.25) is 5.15 Å². The summed E-state index contributed by atoms with van der Waals surface area (Å²) in [6.45, 7) is 0. The maximum atomic E-state index is 11.0. The van der Waals surface area contributed by atoms with Gasteiger partial charge in [0.25, 0.3) is 0 Å². The summed E-state index contributed by atoms with van der Waals surface area (Å²) in [5.74, 6) is -0.334. The third-order valence-corrected chi connectivity index (χ3v) is 2.75. The molecule has 12 heavy (non-hydrogen) atoms. The largest absolute Gasteiger partial charge is 0.463 e.